The first kappa shape index (κ1) is 15.1. The van der Waals surface area contributed by atoms with Crippen molar-refractivity contribution in [1.29, 1.82) is 0 Å². The largest absolute Gasteiger partial charge is 0.294 e. The molecule has 0 saturated carbocycles. The third-order valence-corrected chi connectivity index (χ3v) is 3.73. The van der Waals surface area contributed by atoms with Crippen molar-refractivity contribution in [3.05, 3.63) is 77.6 Å². The molecule has 0 aliphatic heterocycles. The molecular weight excluding hydrogens is 288 g/mol. The zero-order valence-corrected chi connectivity index (χ0v) is 12.8. The van der Waals surface area contributed by atoms with Gasteiger partial charge in [-0.3, -0.25) is 4.79 Å². The molecule has 0 N–H and O–H groups in total. The van der Waals surface area contributed by atoms with Crippen LogP contribution in [0.15, 0.2) is 60.7 Å². The van der Waals surface area contributed by atoms with Crippen LogP contribution in [0.1, 0.15) is 28.2 Å². The van der Waals surface area contributed by atoms with Crippen molar-refractivity contribution < 1.29 is 4.79 Å². The van der Waals surface area contributed by atoms with Crippen LogP contribution >= 0.6 is 0 Å². The average Bonchev–Trinajstić information content (AvgIpc) is 3.07. The van der Waals surface area contributed by atoms with Crippen LogP contribution in [0, 0.1) is 0 Å². The highest BCUT2D eigenvalue weighted by Crippen LogP contribution is 2.07. The molecule has 1 aromatic heterocycles. The van der Waals surface area contributed by atoms with E-state index in [1.165, 1.54) is 5.56 Å². The molecule has 0 radical (unpaired) electrons. The molecule has 0 aliphatic rings. The molecule has 3 aromatic rings. The normalized spacial score (nSPS) is 10.6. The second-order valence-electron chi connectivity index (χ2n) is 5.34. The molecule has 2 aromatic carbocycles. The lowest BCUT2D eigenvalue weighted by Gasteiger charge is -2.05. The number of carbonyl (C=O) groups excluding carboxylic acids is 1. The van der Waals surface area contributed by atoms with Crippen molar-refractivity contribution in [2.75, 3.05) is 0 Å². The van der Waals surface area contributed by atoms with Crippen LogP contribution < -0.4 is 0 Å². The Bertz CT molecular complexity index is 753. The molecule has 0 amide bonds. The molecule has 23 heavy (non-hydrogen) atoms. The number of benzene rings is 2. The number of aromatic nitrogens is 4. The maximum atomic E-state index is 12.2. The van der Waals surface area contributed by atoms with E-state index in [1.54, 1.807) is 4.68 Å². The first-order valence-corrected chi connectivity index (χ1v) is 7.70. The molecular formula is C18H18N4O. The van der Waals surface area contributed by atoms with E-state index in [9.17, 15) is 4.79 Å². The summed E-state index contributed by atoms with van der Waals surface area (Å²) in [6, 6.07) is 19.5. The molecule has 0 atom stereocenters. The molecule has 0 bridgehead atoms. The van der Waals surface area contributed by atoms with E-state index in [0.717, 1.165) is 17.8 Å². The van der Waals surface area contributed by atoms with Gasteiger partial charge in [0.2, 0.25) is 0 Å². The van der Waals surface area contributed by atoms with Gasteiger partial charge in [0.05, 0.1) is 0 Å². The predicted molar refractivity (Wildman–Crippen MR) is 87.1 cm³/mol. The van der Waals surface area contributed by atoms with E-state index in [2.05, 4.69) is 27.7 Å². The van der Waals surface area contributed by atoms with E-state index >= 15 is 0 Å². The quantitative estimate of drug-likeness (QED) is 0.630. The van der Waals surface area contributed by atoms with E-state index in [0.29, 0.717) is 19.4 Å². The fourth-order valence-electron chi connectivity index (χ4n) is 2.45. The van der Waals surface area contributed by atoms with Crippen LogP contribution in [-0.4, -0.2) is 26.0 Å². The minimum atomic E-state index is 0.114. The molecule has 1 heterocycles. The van der Waals surface area contributed by atoms with Crippen LogP contribution in [-0.2, 0) is 19.4 Å². The fourth-order valence-corrected chi connectivity index (χ4v) is 2.45. The maximum absolute atomic E-state index is 12.2. The van der Waals surface area contributed by atoms with Crippen molar-refractivity contribution in [2.24, 2.45) is 0 Å². The van der Waals surface area contributed by atoms with Gasteiger partial charge >= 0.3 is 0 Å². The first-order chi connectivity index (χ1) is 11.3. The standard InChI is InChI=1S/C18H18N4O/c23-17(16-9-5-2-6-10-16)11-12-18-19-20-21-22(18)14-13-15-7-3-1-4-8-15/h1-10H,11-14H2. The van der Waals surface area contributed by atoms with Gasteiger partial charge in [-0.1, -0.05) is 60.7 Å². The van der Waals surface area contributed by atoms with Gasteiger partial charge in [0, 0.05) is 24.9 Å². The minimum absolute atomic E-state index is 0.114. The molecule has 5 heteroatoms. The third kappa shape index (κ3) is 4.10. The number of aryl methyl sites for hydroxylation is 3. The average molecular weight is 306 g/mol. The van der Waals surface area contributed by atoms with Gasteiger partial charge in [0.15, 0.2) is 11.6 Å². The number of hydrogen-bond acceptors (Lipinski definition) is 4. The summed E-state index contributed by atoms with van der Waals surface area (Å²) in [6.07, 6.45) is 1.83. The van der Waals surface area contributed by atoms with Crippen LogP contribution in [0.3, 0.4) is 0 Å². The molecule has 0 aliphatic carbocycles. The molecule has 0 fully saturated rings. The lowest BCUT2D eigenvalue weighted by atomic mass is 10.1. The molecule has 0 spiro atoms. The lowest BCUT2D eigenvalue weighted by Crippen LogP contribution is -2.10. The zero-order valence-electron chi connectivity index (χ0n) is 12.8. The Hall–Kier alpha value is -2.82. The molecule has 116 valence electrons. The van der Waals surface area contributed by atoms with E-state index in [1.807, 2.05) is 48.5 Å². The van der Waals surface area contributed by atoms with Crippen LogP contribution in [0.4, 0.5) is 0 Å². The molecule has 5 nitrogen and oxygen atoms in total. The second-order valence-corrected chi connectivity index (χ2v) is 5.34. The Balaban J connectivity index is 1.57. The van der Waals surface area contributed by atoms with E-state index in [4.69, 9.17) is 0 Å². The number of Topliss-reactive ketones (excluding diaryl/α,β-unsaturated/α-hetero) is 1. The molecule has 0 saturated heterocycles. The number of carbonyl (C=O) groups is 1. The number of rotatable bonds is 7. The Labute approximate surface area is 135 Å². The van der Waals surface area contributed by atoms with Crippen molar-refractivity contribution in [3.63, 3.8) is 0 Å². The van der Waals surface area contributed by atoms with Gasteiger partial charge < -0.3 is 0 Å². The second kappa shape index (κ2) is 7.45. The fraction of sp³-hybridized carbons (Fsp3) is 0.222. The van der Waals surface area contributed by atoms with Gasteiger partial charge in [-0.2, -0.15) is 0 Å². The van der Waals surface area contributed by atoms with E-state index in [-0.39, 0.29) is 5.78 Å². The Morgan fingerprint density at radius 2 is 1.61 bits per heavy atom. The van der Waals surface area contributed by atoms with Crippen molar-refractivity contribution in [1.82, 2.24) is 20.2 Å². The molecule has 0 unspecified atom stereocenters. The van der Waals surface area contributed by atoms with Gasteiger partial charge in [0.25, 0.3) is 0 Å². The minimum Gasteiger partial charge on any atom is -0.294 e. The Morgan fingerprint density at radius 3 is 2.35 bits per heavy atom. The highest BCUT2D eigenvalue weighted by Gasteiger charge is 2.10. The summed E-state index contributed by atoms with van der Waals surface area (Å²) in [5, 5.41) is 11.8. The highest BCUT2D eigenvalue weighted by atomic mass is 16.1. The Kier molecular flexibility index (Phi) is 4.88. The van der Waals surface area contributed by atoms with Gasteiger partial charge in [0.1, 0.15) is 0 Å². The van der Waals surface area contributed by atoms with E-state index < -0.39 is 0 Å². The summed E-state index contributed by atoms with van der Waals surface area (Å²) in [6.45, 7) is 0.714. The van der Waals surface area contributed by atoms with Gasteiger partial charge in [-0.05, 0) is 22.4 Å². The summed E-state index contributed by atoms with van der Waals surface area (Å²) in [5.41, 5.74) is 1.98. The number of nitrogens with zero attached hydrogens (tertiary/aromatic N) is 4. The highest BCUT2D eigenvalue weighted by molar-refractivity contribution is 5.96. The SMILES string of the molecule is O=C(CCc1nnnn1CCc1ccccc1)c1ccccc1. The summed E-state index contributed by atoms with van der Waals surface area (Å²) in [4.78, 5) is 12.2. The van der Waals surface area contributed by atoms with Crippen molar-refractivity contribution in [2.45, 2.75) is 25.8 Å². The van der Waals surface area contributed by atoms with Crippen molar-refractivity contribution in [3.8, 4) is 0 Å². The first-order valence-electron chi connectivity index (χ1n) is 7.70. The number of tetrazole rings is 1. The third-order valence-electron chi connectivity index (χ3n) is 3.73. The number of hydrogen-bond donors (Lipinski definition) is 0. The lowest BCUT2D eigenvalue weighted by molar-refractivity contribution is 0.0982. The predicted octanol–water partition coefficient (Wildman–Crippen LogP) is 2.73. The summed E-state index contributed by atoms with van der Waals surface area (Å²) in [5.74, 6) is 0.869. The van der Waals surface area contributed by atoms with Crippen LogP contribution in [0.5, 0.6) is 0 Å². The van der Waals surface area contributed by atoms with Gasteiger partial charge in [-0.15, -0.1) is 5.10 Å². The number of ketones is 1. The van der Waals surface area contributed by atoms with Crippen molar-refractivity contribution >= 4 is 5.78 Å². The topological polar surface area (TPSA) is 60.7 Å². The summed E-state index contributed by atoms with van der Waals surface area (Å²) < 4.78 is 1.78. The summed E-state index contributed by atoms with van der Waals surface area (Å²) >= 11 is 0. The van der Waals surface area contributed by atoms with Gasteiger partial charge in [-0.25, -0.2) is 4.68 Å². The summed E-state index contributed by atoms with van der Waals surface area (Å²) in [7, 11) is 0. The Morgan fingerprint density at radius 1 is 0.913 bits per heavy atom. The zero-order chi connectivity index (χ0) is 15.9. The van der Waals surface area contributed by atoms with Crippen LogP contribution in [0.2, 0.25) is 0 Å². The monoisotopic (exact) mass is 306 g/mol. The van der Waals surface area contributed by atoms with Crippen LogP contribution in [0.25, 0.3) is 0 Å². The maximum Gasteiger partial charge on any atom is 0.163 e. The molecule has 3 rings (SSSR count). The smallest absolute Gasteiger partial charge is 0.163 e.